The molecule has 0 saturated carbocycles. The van der Waals surface area contributed by atoms with Crippen molar-refractivity contribution >= 4 is 18.3 Å². The maximum absolute atomic E-state index is 11.8. The van der Waals surface area contributed by atoms with Crippen molar-refractivity contribution in [2.24, 2.45) is 0 Å². The fourth-order valence-electron chi connectivity index (χ4n) is 1.74. The number of piperazine rings is 1. The van der Waals surface area contributed by atoms with Crippen LogP contribution in [0.25, 0.3) is 0 Å². The summed E-state index contributed by atoms with van der Waals surface area (Å²) in [6, 6.07) is 0.310. The molecule has 96 valence electrons. The molecule has 5 heteroatoms. The highest BCUT2D eigenvalue weighted by atomic mass is 35.5. The van der Waals surface area contributed by atoms with E-state index >= 15 is 0 Å². The van der Waals surface area contributed by atoms with Crippen LogP contribution in [0.4, 0.5) is 0 Å². The molecular formula is C11H23ClN2O2. The van der Waals surface area contributed by atoms with Gasteiger partial charge in [-0.3, -0.25) is 4.79 Å². The summed E-state index contributed by atoms with van der Waals surface area (Å²) in [6.45, 7) is 9.20. The highest BCUT2D eigenvalue weighted by Gasteiger charge is 2.22. The lowest BCUT2D eigenvalue weighted by Gasteiger charge is -2.34. The smallest absolute Gasteiger partial charge is 0.225 e. The molecule has 0 aromatic carbocycles. The van der Waals surface area contributed by atoms with Gasteiger partial charge in [0.05, 0.1) is 19.1 Å². The first-order valence-corrected chi connectivity index (χ1v) is 5.73. The van der Waals surface area contributed by atoms with E-state index in [-0.39, 0.29) is 24.4 Å². The lowest BCUT2D eigenvalue weighted by atomic mass is 10.2. The molecule has 1 unspecified atom stereocenters. The predicted octanol–water partition coefficient (Wildman–Crippen LogP) is 1.04. The zero-order chi connectivity index (χ0) is 11.3. The fraction of sp³-hybridized carbons (Fsp3) is 0.909. The molecular weight excluding hydrogens is 228 g/mol. The molecule has 1 amide bonds. The molecule has 1 aliphatic rings. The van der Waals surface area contributed by atoms with Crippen LogP contribution in [0.3, 0.4) is 0 Å². The quantitative estimate of drug-likeness (QED) is 0.811. The van der Waals surface area contributed by atoms with Crippen molar-refractivity contribution in [1.82, 2.24) is 10.2 Å². The van der Waals surface area contributed by atoms with Crippen LogP contribution in [0.15, 0.2) is 0 Å². The molecule has 16 heavy (non-hydrogen) atoms. The van der Waals surface area contributed by atoms with Crippen LogP contribution < -0.4 is 5.32 Å². The molecule has 1 N–H and O–H groups in total. The van der Waals surface area contributed by atoms with Gasteiger partial charge in [0.25, 0.3) is 0 Å². The van der Waals surface area contributed by atoms with Gasteiger partial charge in [0.1, 0.15) is 0 Å². The molecule has 4 nitrogen and oxygen atoms in total. The molecule has 0 spiro atoms. The predicted molar refractivity (Wildman–Crippen MR) is 67.0 cm³/mol. The summed E-state index contributed by atoms with van der Waals surface area (Å²) in [4.78, 5) is 13.8. The van der Waals surface area contributed by atoms with Gasteiger partial charge in [-0.05, 0) is 20.8 Å². The third kappa shape index (κ3) is 5.14. The van der Waals surface area contributed by atoms with Gasteiger partial charge in [0.2, 0.25) is 5.91 Å². The van der Waals surface area contributed by atoms with Crippen LogP contribution in [0.1, 0.15) is 27.2 Å². The van der Waals surface area contributed by atoms with Crippen molar-refractivity contribution in [1.29, 1.82) is 0 Å². The molecule has 0 bridgehead atoms. The summed E-state index contributed by atoms with van der Waals surface area (Å²) in [6.07, 6.45) is 0.709. The standard InChI is InChI=1S/C11H22N2O2.ClH/c1-9(2)15-7-4-11(14)13-6-5-12-8-10(13)3;/h9-10,12H,4-8H2,1-3H3;1H. The zero-order valence-corrected chi connectivity index (χ0v) is 11.2. The summed E-state index contributed by atoms with van der Waals surface area (Å²) in [5.74, 6) is 0.213. The minimum atomic E-state index is 0. The van der Waals surface area contributed by atoms with Crippen molar-refractivity contribution < 1.29 is 9.53 Å². The first-order valence-electron chi connectivity index (χ1n) is 5.73. The average Bonchev–Trinajstić information content (AvgIpc) is 2.17. The van der Waals surface area contributed by atoms with E-state index in [0.717, 1.165) is 19.6 Å². The van der Waals surface area contributed by atoms with E-state index in [1.807, 2.05) is 18.7 Å². The summed E-state index contributed by atoms with van der Waals surface area (Å²) >= 11 is 0. The molecule has 1 rings (SSSR count). The number of nitrogens with one attached hydrogen (secondary N) is 1. The van der Waals surface area contributed by atoms with Gasteiger partial charge >= 0.3 is 0 Å². The maximum atomic E-state index is 11.8. The van der Waals surface area contributed by atoms with Crippen molar-refractivity contribution in [2.75, 3.05) is 26.2 Å². The Balaban J connectivity index is 0.00000225. The Morgan fingerprint density at radius 3 is 2.81 bits per heavy atom. The Morgan fingerprint density at radius 2 is 2.25 bits per heavy atom. The molecule has 0 radical (unpaired) electrons. The zero-order valence-electron chi connectivity index (χ0n) is 10.4. The fourth-order valence-corrected chi connectivity index (χ4v) is 1.74. The van der Waals surface area contributed by atoms with Gasteiger partial charge in [-0.15, -0.1) is 12.4 Å². The summed E-state index contributed by atoms with van der Waals surface area (Å²) in [5, 5.41) is 3.27. The molecule has 1 fully saturated rings. The third-order valence-electron chi connectivity index (χ3n) is 2.59. The molecule has 0 aromatic rings. The van der Waals surface area contributed by atoms with Crippen molar-refractivity contribution in [2.45, 2.75) is 39.3 Å². The van der Waals surface area contributed by atoms with Crippen LogP contribution in [-0.4, -0.2) is 49.2 Å². The van der Waals surface area contributed by atoms with Crippen LogP contribution in [-0.2, 0) is 9.53 Å². The summed E-state index contributed by atoms with van der Waals surface area (Å²) in [5.41, 5.74) is 0. The highest BCUT2D eigenvalue weighted by molar-refractivity contribution is 5.85. The van der Waals surface area contributed by atoms with E-state index in [4.69, 9.17) is 4.74 Å². The van der Waals surface area contributed by atoms with Gasteiger partial charge in [-0.25, -0.2) is 0 Å². The van der Waals surface area contributed by atoms with Gasteiger partial charge in [0.15, 0.2) is 0 Å². The Morgan fingerprint density at radius 1 is 1.56 bits per heavy atom. The molecule has 0 aromatic heterocycles. The number of ether oxygens (including phenoxy) is 1. The van der Waals surface area contributed by atoms with Gasteiger partial charge in [-0.1, -0.05) is 0 Å². The number of halogens is 1. The number of rotatable bonds is 4. The highest BCUT2D eigenvalue weighted by Crippen LogP contribution is 2.05. The molecule has 1 aliphatic heterocycles. The number of carbonyl (C=O) groups excluding carboxylic acids is 1. The van der Waals surface area contributed by atoms with E-state index in [9.17, 15) is 4.79 Å². The number of nitrogens with zero attached hydrogens (tertiary/aromatic N) is 1. The molecule has 0 aliphatic carbocycles. The number of carbonyl (C=O) groups is 1. The van der Waals surface area contributed by atoms with E-state index < -0.39 is 0 Å². The first-order chi connectivity index (χ1) is 7.11. The Bertz CT molecular complexity index is 212. The molecule has 1 atom stereocenters. The third-order valence-corrected chi connectivity index (χ3v) is 2.59. The number of amides is 1. The van der Waals surface area contributed by atoms with E-state index in [0.29, 0.717) is 19.1 Å². The SMILES string of the molecule is CC(C)OCCC(=O)N1CCNCC1C.Cl. The van der Waals surface area contributed by atoms with Crippen molar-refractivity contribution in [3.05, 3.63) is 0 Å². The number of hydrogen-bond donors (Lipinski definition) is 1. The van der Waals surface area contributed by atoms with E-state index in [1.165, 1.54) is 0 Å². The number of hydrogen-bond acceptors (Lipinski definition) is 3. The topological polar surface area (TPSA) is 41.6 Å². The van der Waals surface area contributed by atoms with Crippen molar-refractivity contribution in [3.63, 3.8) is 0 Å². The second-order valence-electron chi connectivity index (χ2n) is 4.31. The minimum absolute atomic E-state index is 0. The molecule has 1 saturated heterocycles. The monoisotopic (exact) mass is 250 g/mol. The Labute approximate surface area is 104 Å². The van der Waals surface area contributed by atoms with E-state index in [2.05, 4.69) is 12.2 Å². The summed E-state index contributed by atoms with van der Waals surface area (Å²) in [7, 11) is 0. The van der Waals surface area contributed by atoms with E-state index in [1.54, 1.807) is 0 Å². The second-order valence-corrected chi connectivity index (χ2v) is 4.31. The minimum Gasteiger partial charge on any atom is -0.378 e. The average molecular weight is 251 g/mol. The van der Waals surface area contributed by atoms with Crippen LogP contribution in [0.2, 0.25) is 0 Å². The van der Waals surface area contributed by atoms with Gasteiger partial charge in [-0.2, -0.15) is 0 Å². The van der Waals surface area contributed by atoms with Crippen molar-refractivity contribution in [3.8, 4) is 0 Å². The van der Waals surface area contributed by atoms with Crippen LogP contribution in [0, 0.1) is 0 Å². The first kappa shape index (κ1) is 15.7. The normalized spacial score (nSPS) is 20.8. The molecule has 1 heterocycles. The largest absolute Gasteiger partial charge is 0.378 e. The maximum Gasteiger partial charge on any atom is 0.225 e. The summed E-state index contributed by atoms with van der Waals surface area (Å²) < 4.78 is 5.38. The lowest BCUT2D eigenvalue weighted by molar-refractivity contribution is -0.135. The van der Waals surface area contributed by atoms with Gasteiger partial charge in [0, 0.05) is 25.7 Å². The van der Waals surface area contributed by atoms with Crippen LogP contribution in [0.5, 0.6) is 0 Å². The second kappa shape index (κ2) is 7.87. The Hall–Kier alpha value is -0.320. The lowest BCUT2D eigenvalue weighted by Crippen LogP contribution is -2.52. The van der Waals surface area contributed by atoms with Gasteiger partial charge < -0.3 is 15.0 Å². The van der Waals surface area contributed by atoms with Crippen LogP contribution >= 0.6 is 12.4 Å². The Kier molecular flexibility index (Phi) is 7.72.